The second-order valence-electron chi connectivity index (χ2n) is 6.84. The molecule has 4 N–H and O–H groups in total. The summed E-state index contributed by atoms with van der Waals surface area (Å²) in [7, 11) is 3.13. The average Bonchev–Trinajstić information content (AvgIpc) is 2.71. The molecular weight excluding hydrogens is 416 g/mol. The van der Waals surface area contributed by atoms with E-state index in [9.17, 15) is 27.5 Å². The molecule has 0 aliphatic heterocycles. The highest BCUT2D eigenvalue weighted by Crippen LogP contribution is 2.31. The van der Waals surface area contributed by atoms with Gasteiger partial charge < -0.3 is 21.1 Å². The van der Waals surface area contributed by atoms with E-state index in [0.717, 1.165) is 12.1 Å². The van der Waals surface area contributed by atoms with Crippen molar-refractivity contribution in [3.63, 3.8) is 0 Å². The van der Waals surface area contributed by atoms with Gasteiger partial charge in [0.25, 0.3) is 0 Å². The largest absolute Gasteiger partial charge is 0.416 e. The fourth-order valence-corrected chi connectivity index (χ4v) is 3.03. The fourth-order valence-electron chi connectivity index (χ4n) is 3.03. The number of alkyl halides is 3. The van der Waals surface area contributed by atoms with Gasteiger partial charge in [-0.15, -0.1) is 0 Å². The molecule has 2 rings (SSSR count). The number of anilines is 1. The van der Waals surface area contributed by atoms with E-state index in [4.69, 9.17) is 0 Å². The minimum atomic E-state index is -4.65. The van der Waals surface area contributed by atoms with Gasteiger partial charge in [-0.2, -0.15) is 13.2 Å². The first-order chi connectivity index (χ1) is 14.6. The number of amides is 1. The van der Waals surface area contributed by atoms with E-state index in [1.807, 2.05) is 0 Å². The van der Waals surface area contributed by atoms with Gasteiger partial charge in [0, 0.05) is 19.3 Å². The normalized spacial score (nSPS) is 13.4. The van der Waals surface area contributed by atoms with Gasteiger partial charge in [-0.3, -0.25) is 4.79 Å². The van der Waals surface area contributed by atoms with Crippen molar-refractivity contribution in [2.24, 2.45) is 0 Å². The van der Waals surface area contributed by atoms with Crippen LogP contribution in [0.4, 0.5) is 23.4 Å². The Morgan fingerprint density at radius 2 is 1.87 bits per heavy atom. The van der Waals surface area contributed by atoms with Crippen LogP contribution < -0.4 is 16.0 Å². The van der Waals surface area contributed by atoms with Crippen molar-refractivity contribution >= 4 is 11.7 Å². The molecule has 2 aromatic rings. The number of hydrogen-bond acceptors (Lipinski definition) is 5. The van der Waals surface area contributed by atoms with Crippen LogP contribution in [0, 0.1) is 5.82 Å². The molecule has 1 heterocycles. The van der Waals surface area contributed by atoms with E-state index in [1.165, 1.54) is 13.2 Å². The molecule has 31 heavy (non-hydrogen) atoms. The van der Waals surface area contributed by atoms with Gasteiger partial charge in [-0.1, -0.05) is 0 Å². The molecule has 6 nitrogen and oxygen atoms in total. The van der Waals surface area contributed by atoms with Crippen LogP contribution in [0.5, 0.6) is 0 Å². The number of carbonyl (C=O) groups is 1. The number of benzene rings is 1. The number of likely N-dealkylation sites (N-methyl/N-ethyl adjacent to an activating group) is 2. The van der Waals surface area contributed by atoms with Crippen LogP contribution >= 0.6 is 0 Å². The number of aromatic nitrogens is 1. The smallest absolute Gasteiger partial charge is 0.390 e. The summed E-state index contributed by atoms with van der Waals surface area (Å²) < 4.78 is 52.5. The number of nitrogens with zero attached hydrogens (tertiary/aromatic N) is 1. The molecule has 10 heteroatoms. The minimum absolute atomic E-state index is 0.0332. The molecule has 0 fully saturated rings. The third-order valence-electron chi connectivity index (χ3n) is 4.62. The lowest BCUT2D eigenvalue weighted by molar-refractivity contribution is -0.137. The van der Waals surface area contributed by atoms with Gasteiger partial charge in [-0.05, 0) is 61.9 Å². The third-order valence-corrected chi connectivity index (χ3v) is 4.62. The summed E-state index contributed by atoms with van der Waals surface area (Å²) in [6.07, 6.45) is -3.19. The monoisotopic (exact) mass is 440 g/mol. The maximum Gasteiger partial charge on any atom is 0.416 e. The standard InChI is InChI=1S/C21H24F4N4O2/c1-12(26-2)19(20(31)27-3)17(11-30)29-18-9-13(4-5-28-18)6-14-7-15(21(23,24)25)10-16(22)8-14/h4-5,7-10,12,26,30H,6,11H2,1-3H3,(H,27,31)(H,28,29)/b19-17+. The van der Waals surface area contributed by atoms with Crippen molar-refractivity contribution in [1.29, 1.82) is 0 Å². The summed E-state index contributed by atoms with van der Waals surface area (Å²) >= 11 is 0. The zero-order valence-electron chi connectivity index (χ0n) is 17.3. The predicted molar refractivity (Wildman–Crippen MR) is 109 cm³/mol. The van der Waals surface area contributed by atoms with Crippen LogP contribution in [0.3, 0.4) is 0 Å². The van der Waals surface area contributed by atoms with Crippen molar-refractivity contribution in [1.82, 2.24) is 15.6 Å². The Morgan fingerprint density at radius 3 is 2.45 bits per heavy atom. The summed E-state index contributed by atoms with van der Waals surface area (Å²) in [5.41, 5.74) is 0.154. The maximum absolute atomic E-state index is 13.7. The third kappa shape index (κ3) is 6.50. The van der Waals surface area contributed by atoms with Gasteiger partial charge in [0.05, 0.1) is 23.4 Å². The highest BCUT2D eigenvalue weighted by atomic mass is 19.4. The zero-order chi connectivity index (χ0) is 23.2. The first-order valence-electron chi connectivity index (χ1n) is 9.40. The van der Waals surface area contributed by atoms with Crippen LogP contribution in [-0.2, 0) is 17.4 Å². The molecule has 0 saturated heterocycles. The SMILES string of the molecule is CNC(=O)/C(=C(\CO)Nc1cc(Cc2cc(F)cc(C(F)(F)F)c2)ccn1)C(C)NC. The van der Waals surface area contributed by atoms with E-state index in [-0.39, 0.29) is 35.1 Å². The quantitative estimate of drug-likeness (QED) is 0.375. The van der Waals surface area contributed by atoms with Crippen LogP contribution in [0.25, 0.3) is 0 Å². The molecule has 0 aliphatic carbocycles. The second kappa shape index (κ2) is 10.4. The van der Waals surface area contributed by atoms with Crippen LogP contribution in [0.2, 0.25) is 0 Å². The molecule has 0 bridgehead atoms. The summed E-state index contributed by atoms with van der Waals surface area (Å²) in [6.45, 7) is 1.27. The minimum Gasteiger partial charge on any atom is -0.390 e. The molecule has 1 unspecified atom stereocenters. The highest BCUT2D eigenvalue weighted by Gasteiger charge is 2.31. The molecule has 1 aromatic carbocycles. The Bertz CT molecular complexity index is 961. The number of aliphatic hydroxyl groups is 1. The van der Waals surface area contributed by atoms with Crippen LogP contribution in [0.1, 0.15) is 23.6 Å². The summed E-state index contributed by atoms with van der Waals surface area (Å²) in [5, 5.41) is 18.1. The Morgan fingerprint density at radius 1 is 1.16 bits per heavy atom. The van der Waals surface area contributed by atoms with Gasteiger partial charge in [0.1, 0.15) is 11.6 Å². The van der Waals surface area contributed by atoms with E-state index < -0.39 is 30.1 Å². The number of halogens is 4. The average molecular weight is 440 g/mol. The van der Waals surface area contributed by atoms with E-state index in [2.05, 4.69) is 20.9 Å². The predicted octanol–water partition coefficient (Wildman–Crippen LogP) is 2.84. The number of hydrogen-bond donors (Lipinski definition) is 4. The molecule has 1 atom stereocenters. The number of nitrogens with one attached hydrogen (secondary N) is 3. The van der Waals surface area contributed by atoms with Crippen molar-refractivity contribution in [2.45, 2.75) is 25.6 Å². The van der Waals surface area contributed by atoms with E-state index in [0.29, 0.717) is 11.6 Å². The first-order valence-corrected chi connectivity index (χ1v) is 9.40. The number of rotatable bonds is 8. The Kier molecular flexibility index (Phi) is 8.12. The Hall–Kier alpha value is -2.98. The van der Waals surface area contributed by atoms with Crippen LogP contribution in [-0.4, -0.2) is 42.7 Å². The molecular formula is C21H24F4N4O2. The maximum atomic E-state index is 13.7. The molecule has 1 amide bonds. The molecule has 0 spiro atoms. The topological polar surface area (TPSA) is 86.3 Å². The number of aliphatic hydroxyl groups excluding tert-OH is 1. The van der Waals surface area contributed by atoms with Crippen molar-refractivity contribution in [3.05, 3.63) is 70.3 Å². The summed E-state index contributed by atoms with van der Waals surface area (Å²) in [6, 6.07) is 5.14. The highest BCUT2D eigenvalue weighted by molar-refractivity contribution is 5.95. The lowest BCUT2D eigenvalue weighted by Gasteiger charge is -2.19. The van der Waals surface area contributed by atoms with Crippen LogP contribution in [0.15, 0.2) is 47.8 Å². The molecule has 168 valence electrons. The van der Waals surface area contributed by atoms with E-state index >= 15 is 0 Å². The summed E-state index contributed by atoms with van der Waals surface area (Å²) in [4.78, 5) is 16.4. The summed E-state index contributed by atoms with van der Waals surface area (Å²) in [5.74, 6) is -1.09. The number of carbonyl (C=O) groups excluding carboxylic acids is 1. The van der Waals surface area contributed by atoms with Gasteiger partial charge in [0.2, 0.25) is 5.91 Å². The molecule has 0 radical (unpaired) electrons. The molecule has 1 aromatic heterocycles. The van der Waals surface area contributed by atoms with E-state index in [1.54, 1.807) is 26.1 Å². The van der Waals surface area contributed by atoms with Gasteiger partial charge in [-0.25, -0.2) is 9.37 Å². The Labute approximate surface area is 177 Å². The van der Waals surface area contributed by atoms with Gasteiger partial charge >= 0.3 is 6.18 Å². The molecule has 0 aliphatic rings. The van der Waals surface area contributed by atoms with Crippen molar-refractivity contribution < 1.29 is 27.5 Å². The Balaban J connectivity index is 2.34. The fraction of sp³-hybridized carbons (Fsp3) is 0.333. The second-order valence-corrected chi connectivity index (χ2v) is 6.84. The van der Waals surface area contributed by atoms with Gasteiger partial charge in [0.15, 0.2) is 0 Å². The zero-order valence-corrected chi connectivity index (χ0v) is 17.3. The lowest BCUT2D eigenvalue weighted by Crippen LogP contribution is -2.36. The first kappa shape index (κ1) is 24.3. The molecule has 0 saturated carbocycles. The van der Waals surface area contributed by atoms with Crippen molar-refractivity contribution in [2.75, 3.05) is 26.0 Å². The van der Waals surface area contributed by atoms with Crippen molar-refractivity contribution in [3.8, 4) is 0 Å². The number of pyridine rings is 1. The lowest BCUT2D eigenvalue weighted by atomic mass is 10.0.